The number of amides is 1. The Hall–Kier alpha value is -0.610. The van der Waals surface area contributed by atoms with Crippen LogP contribution in [0.3, 0.4) is 0 Å². The molecule has 0 aliphatic carbocycles. The van der Waals surface area contributed by atoms with Crippen molar-refractivity contribution in [1.82, 2.24) is 10.2 Å². The summed E-state index contributed by atoms with van der Waals surface area (Å²) in [6, 6.07) is 0. The van der Waals surface area contributed by atoms with Crippen LogP contribution >= 0.6 is 0 Å². The molecule has 18 heavy (non-hydrogen) atoms. The van der Waals surface area contributed by atoms with Crippen molar-refractivity contribution in [3.8, 4) is 0 Å². The molecule has 0 atom stereocenters. The van der Waals surface area contributed by atoms with Gasteiger partial charge in [0.05, 0.1) is 6.54 Å². The van der Waals surface area contributed by atoms with Gasteiger partial charge < -0.3 is 11.1 Å². The highest BCUT2D eigenvalue weighted by Gasteiger charge is 2.31. The maximum atomic E-state index is 12.0. The monoisotopic (exact) mass is 257 g/mol. The summed E-state index contributed by atoms with van der Waals surface area (Å²) in [4.78, 5) is 14.1. The molecule has 0 fully saturated rings. The minimum atomic E-state index is -0.137. The van der Waals surface area contributed by atoms with E-state index in [1.54, 1.807) is 0 Å². The Morgan fingerprint density at radius 3 is 2.00 bits per heavy atom. The number of likely N-dealkylation sites (N-methyl/N-ethyl adjacent to an activating group) is 1. The lowest BCUT2D eigenvalue weighted by molar-refractivity contribution is -0.125. The Labute approximate surface area is 112 Å². The Morgan fingerprint density at radius 2 is 1.67 bits per heavy atom. The molecule has 0 heterocycles. The molecule has 0 aromatic carbocycles. The molecule has 0 aliphatic heterocycles. The van der Waals surface area contributed by atoms with Crippen LogP contribution in [0.4, 0.5) is 0 Å². The Bertz CT molecular complexity index is 252. The van der Waals surface area contributed by atoms with Crippen LogP contribution in [0.25, 0.3) is 0 Å². The quantitative estimate of drug-likeness (QED) is 0.696. The number of nitrogens with two attached hydrogens (primary N) is 1. The Kier molecular flexibility index (Phi) is 6.86. The van der Waals surface area contributed by atoms with Gasteiger partial charge in [-0.15, -0.1) is 0 Å². The van der Waals surface area contributed by atoms with Crippen LogP contribution in [0.5, 0.6) is 0 Å². The minimum Gasteiger partial charge on any atom is -0.350 e. The fraction of sp³-hybridized carbons (Fsp3) is 0.929. The molecule has 4 nitrogen and oxygen atoms in total. The van der Waals surface area contributed by atoms with E-state index in [0.29, 0.717) is 13.1 Å². The van der Waals surface area contributed by atoms with E-state index >= 15 is 0 Å². The molecule has 3 N–H and O–H groups in total. The van der Waals surface area contributed by atoms with E-state index in [-0.39, 0.29) is 17.0 Å². The van der Waals surface area contributed by atoms with Crippen LogP contribution in [0.15, 0.2) is 0 Å². The third-order valence-electron chi connectivity index (χ3n) is 4.25. The van der Waals surface area contributed by atoms with Gasteiger partial charge in [-0.2, -0.15) is 0 Å². The molecular formula is C14H31N3O. The predicted molar refractivity (Wildman–Crippen MR) is 77.5 cm³/mol. The van der Waals surface area contributed by atoms with E-state index in [1.807, 2.05) is 20.9 Å². The number of carbonyl (C=O) groups is 1. The summed E-state index contributed by atoms with van der Waals surface area (Å²) in [5, 5.41) is 3.06. The van der Waals surface area contributed by atoms with E-state index in [1.165, 1.54) is 0 Å². The third-order valence-corrected chi connectivity index (χ3v) is 4.25. The lowest BCUT2D eigenvalue weighted by atomic mass is 9.91. The van der Waals surface area contributed by atoms with E-state index in [4.69, 9.17) is 5.73 Å². The smallest absolute Gasteiger partial charge is 0.234 e. The van der Waals surface area contributed by atoms with Crippen LogP contribution in [0.1, 0.15) is 53.9 Å². The highest BCUT2D eigenvalue weighted by Crippen LogP contribution is 2.21. The second-order valence-corrected chi connectivity index (χ2v) is 5.78. The first kappa shape index (κ1) is 17.4. The summed E-state index contributed by atoms with van der Waals surface area (Å²) in [6.07, 6.45) is 2.84. The second-order valence-electron chi connectivity index (χ2n) is 5.78. The fourth-order valence-electron chi connectivity index (χ4n) is 2.12. The van der Waals surface area contributed by atoms with E-state index in [0.717, 1.165) is 19.3 Å². The average Bonchev–Trinajstić information content (AvgIpc) is 2.31. The third kappa shape index (κ3) is 4.58. The number of hydrogen-bond donors (Lipinski definition) is 2. The molecule has 0 aromatic heterocycles. The maximum Gasteiger partial charge on any atom is 0.234 e. The molecule has 1 amide bonds. The zero-order valence-electron chi connectivity index (χ0n) is 13.0. The normalized spacial score (nSPS) is 12.9. The van der Waals surface area contributed by atoms with Gasteiger partial charge in [0, 0.05) is 17.6 Å². The Morgan fingerprint density at radius 1 is 1.17 bits per heavy atom. The minimum absolute atomic E-state index is 0.0618. The number of hydrogen-bond acceptors (Lipinski definition) is 3. The summed E-state index contributed by atoms with van der Waals surface area (Å²) >= 11 is 0. The van der Waals surface area contributed by atoms with Crippen molar-refractivity contribution in [2.24, 2.45) is 5.73 Å². The van der Waals surface area contributed by atoms with Crippen LogP contribution in [0, 0.1) is 0 Å². The van der Waals surface area contributed by atoms with Gasteiger partial charge in [0.1, 0.15) is 0 Å². The zero-order valence-corrected chi connectivity index (χ0v) is 13.0. The average molecular weight is 257 g/mol. The van der Waals surface area contributed by atoms with Gasteiger partial charge in [-0.3, -0.25) is 9.69 Å². The summed E-state index contributed by atoms with van der Waals surface area (Å²) < 4.78 is 0. The maximum absolute atomic E-state index is 12.0. The van der Waals surface area contributed by atoms with Gasteiger partial charge in [-0.05, 0) is 40.2 Å². The fourth-order valence-corrected chi connectivity index (χ4v) is 2.12. The summed E-state index contributed by atoms with van der Waals surface area (Å²) in [7, 11) is 1.98. The Balaban J connectivity index is 4.55. The summed E-state index contributed by atoms with van der Waals surface area (Å²) in [5.74, 6) is 0.0732. The highest BCUT2D eigenvalue weighted by atomic mass is 16.2. The van der Waals surface area contributed by atoms with Gasteiger partial charge in [0.15, 0.2) is 0 Å². The number of rotatable bonds is 8. The van der Waals surface area contributed by atoms with Crippen LogP contribution < -0.4 is 11.1 Å². The molecule has 4 heteroatoms. The summed E-state index contributed by atoms with van der Waals surface area (Å²) in [6.45, 7) is 11.4. The standard InChI is InChI=1S/C14H31N3O/c1-7-13(4,5)16-12(18)10-17(6)14(8-2,9-3)11-15/h7-11,15H2,1-6H3,(H,16,18). The van der Waals surface area contributed by atoms with Gasteiger partial charge in [0.25, 0.3) is 0 Å². The molecule has 0 bridgehead atoms. The van der Waals surface area contributed by atoms with Gasteiger partial charge in [-0.25, -0.2) is 0 Å². The molecule has 108 valence electrons. The molecule has 0 radical (unpaired) electrons. The highest BCUT2D eigenvalue weighted by molar-refractivity contribution is 5.78. The lowest BCUT2D eigenvalue weighted by Crippen LogP contribution is -2.55. The first-order valence-corrected chi connectivity index (χ1v) is 6.99. The largest absolute Gasteiger partial charge is 0.350 e. The number of carbonyl (C=O) groups excluding carboxylic acids is 1. The van der Waals surface area contributed by atoms with Crippen LogP contribution in [-0.2, 0) is 4.79 Å². The summed E-state index contributed by atoms with van der Waals surface area (Å²) in [5.41, 5.74) is 5.69. The van der Waals surface area contributed by atoms with Crippen LogP contribution in [0.2, 0.25) is 0 Å². The molecule has 0 saturated heterocycles. The van der Waals surface area contributed by atoms with Crippen molar-refractivity contribution in [3.05, 3.63) is 0 Å². The first-order valence-electron chi connectivity index (χ1n) is 6.99. The predicted octanol–water partition coefficient (Wildman–Crippen LogP) is 1.74. The van der Waals surface area contributed by atoms with Gasteiger partial charge >= 0.3 is 0 Å². The van der Waals surface area contributed by atoms with Gasteiger partial charge in [0.2, 0.25) is 5.91 Å². The first-order chi connectivity index (χ1) is 8.26. The van der Waals surface area contributed by atoms with Crippen LogP contribution in [-0.4, -0.2) is 42.0 Å². The van der Waals surface area contributed by atoms with E-state index in [2.05, 4.69) is 31.0 Å². The molecule has 0 unspecified atom stereocenters. The van der Waals surface area contributed by atoms with Crippen molar-refractivity contribution >= 4 is 5.91 Å². The topological polar surface area (TPSA) is 58.4 Å². The van der Waals surface area contributed by atoms with Crippen molar-refractivity contribution in [1.29, 1.82) is 0 Å². The SMILES string of the molecule is CCC(C)(C)NC(=O)CN(C)C(CC)(CC)CN. The number of nitrogens with zero attached hydrogens (tertiary/aromatic N) is 1. The van der Waals surface area contributed by atoms with Crippen molar-refractivity contribution < 1.29 is 4.79 Å². The molecule has 0 aromatic rings. The van der Waals surface area contributed by atoms with Crippen molar-refractivity contribution in [3.63, 3.8) is 0 Å². The van der Waals surface area contributed by atoms with Crippen molar-refractivity contribution in [2.75, 3.05) is 20.1 Å². The second kappa shape index (κ2) is 7.10. The molecule has 0 spiro atoms. The van der Waals surface area contributed by atoms with E-state index in [9.17, 15) is 4.79 Å². The molecule has 0 rings (SSSR count). The van der Waals surface area contributed by atoms with Crippen molar-refractivity contribution in [2.45, 2.75) is 65.0 Å². The molecular weight excluding hydrogens is 226 g/mol. The molecule has 0 aliphatic rings. The van der Waals surface area contributed by atoms with Gasteiger partial charge in [-0.1, -0.05) is 20.8 Å². The number of nitrogens with one attached hydrogen (secondary N) is 1. The van der Waals surface area contributed by atoms with E-state index < -0.39 is 0 Å². The zero-order chi connectivity index (χ0) is 14.4. The lowest BCUT2D eigenvalue weighted by Gasteiger charge is -2.40. The molecule has 0 saturated carbocycles.